The highest BCUT2D eigenvalue weighted by atomic mass is 127. The van der Waals surface area contributed by atoms with E-state index in [0.717, 1.165) is 36.7 Å². The van der Waals surface area contributed by atoms with Crippen molar-refractivity contribution in [3.05, 3.63) is 83.9 Å². The average Bonchev–Trinajstić information content (AvgIpc) is 3.21. The van der Waals surface area contributed by atoms with Crippen LogP contribution in [0.2, 0.25) is 0 Å². The number of halogens is 2. The summed E-state index contributed by atoms with van der Waals surface area (Å²) >= 11 is 0. The first-order chi connectivity index (χ1) is 13.2. The molecular formula is C21H25FIN5. The lowest BCUT2D eigenvalue weighted by Gasteiger charge is -2.11. The molecule has 0 spiro atoms. The Morgan fingerprint density at radius 3 is 2.57 bits per heavy atom. The largest absolute Gasteiger partial charge is 0.357 e. The molecule has 0 unspecified atom stereocenters. The van der Waals surface area contributed by atoms with Gasteiger partial charge in [0.25, 0.3) is 0 Å². The molecule has 0 aliphatic carbocycles. The summed E-state index contributed by atoms with van der Waals surface area (Å²) in [6, 6.07) is 16.8. The van der Waals surface area contributed by atoms with Gasteiger partial charge in [0.2, 0.25) is 0 Å². The van der Waals surface area contributed by atoms with Crippen LogP contribution in [0.5, 0.6) is 0 Å². The molecule has 0 atom stereocenters. The quantitative estimate of drug-likeness (QED) is 0.298. The van der Waals surface area contributed by atoms with Crippen LogP contribution in [0.1, 0.15) is 18.1 Å². The Morgan fingerprint density at radius 1 is 1.07 bits per heavy atom. The van der Waals surface area contributed by atoms with Crippen molar-refractivity contribution in [2.75, 3.05) is 13.1 Å². The highest BCUT2D eigenvalue weighted by molar-refractivity contribution is 14.0. The van der Waals surface area contributed by atoms with Gasteiger partial charge in [0, 0.05) is 25.5 Å². The van der Waals surface area contributed by atoms with Gasteiger partial charge >= 0.3 is 0 Å². The predicted octanol–water partition coefficient (Wildman–Crippen LogP) is 3.93. The molecule has 0 fully saturated rings. The van der Waals surface area contributed by atoms with Crippen molar-refractivity contribution < 1.29 is 4.39 Å². The van der Waals surface area contributed by atoms with E-state index in [1.54, 1.807) is 12.3 Å². The monoisotopic (exact) mass is 493 g/mol. The van der Waals surface area contributed by atoms with Crippen LogP contribution in [-0.2, 0) is 13.0 Å². The molecule has 0 saturated carbocycles. The molecule has 3 aromatic rings. The van der Waals surface area contributed by atoms with Crippen LogP contribution in [-0.4, -0.2) is 28.8 Å². The van der Waals surface area contributed by atoms with Gasteiger partial charge in [0.05, 0.1) is 12.2 Å². The lowest BCUT2D eigenvalue weighted by Crippen LogP contribution is -2.38. The van der Waals surface area contributed by atoms with E-state index in [0.29, 0.717) is 6.54 Å². The summed E-state index contributed by atoms with van der Waals surface area (Å²) in [5.41, 5.74) is 3.13. The fraction of sp³-hybridized carbons (Fsp3) is 0.238. The molecule has 148 valence electrons. The molecular weight excluding hydrogens is 468 g/mol. The first kappa shape index (κ1) is 21.9. The molecule has 2 aromatic carbocycles. The molecule has 0 amide bonds. The molecule has 1 heterocycles. The number of guanidine groups is 1. The average molecular weight is 493 g/mol. The van der Waals surface area contributed by atoms with E-state index in [4.69, 9.17) is 0 Å². The van der Waals surface area contributed by atoms with E-state index >= 15 is 0 Å². The predicted molar refractivity (Wildman–Crippen MR) is 122 cm³/mol. The van der Waals surface area contributed by atoms with Gasteiger partial charge in [0.15, 0.2) is 5.96 Å². The number of benzene rings is 2. The Labute approximate surface area is 182 Å². The van der Waals surface area contributed by atoms with E-state index in [1.165, 1.54) is 17.7 Å². The highest BCUT2D eigenvalue weighted by Gasteiger charge is 2.01. The van der Waals surface area contributed by atoms with Crippen LogP contribution >= 0.6 is 24.0 Å². The summed E-state index contributed by atoms with van der Waals surface area (Å²) in [4.78, 5) is 4.52. The number of aromatic nitrogens is 2. The molecule has 0 aliphatic heterocycles. The summed E-state index contributed by atoms with van der Waals surface area (Å²) < 4.78 is 15.1. The van der Waals surface area contributed by atoms with Gasteiger partial charge in [-0.25, -0.2) is 14.1 Å². The minimum Gasteiger partial charge on any atom is -0.357 e. The second-order valence-electron chi connectivity index (χ2n) is 6.12. The van der Waals surface area contributed by atoms with E-state index in [9.17, 15) is 4.39 Å². The summed E-state index contributed by atoms with van der Waals surface area (Å²) in [6.45, 7) is 3.99. The van der Waals surface area contributed by atoms with Crippen molar-refractivity contribution in [2.24, 2.45) is 4.99 Å². The Morgan fingerprint density at radius 2 is 1.89 bits per heavy atom. The molecule has 7 heteroatoms. The third-order valence-electron chi connectivity index (χ3n) is 4.06. The van der Waals surface area contributed by atoms with E-state index in [2.05, 4.69) is 45.0 Å². The minimum absolute atomic E-state index is 0. The van der Waals surface area contributed by atoms with Gasteiger partial charge in [0.1, 0.15) is 5.82 Å². The fourth-order valence-electron chi connectivity index (χ4n) is 2.71. The third kappa shape index (κ3) is 6.63. The van der Waals surface area contributed by atoms with Crippen LogP contribution in [0.3, 0.4) is 0 Å². The van der Waals surface area contributed by atoms with Gasteiger partial charge in [-0.05, 0) is 54.8 Å². The van der Waals surface area contributed by atoms with Crippen molar-refractivity contribution in [3.8, 4) is 5.69 Å². The second kappa shape index (κ2) is 11.4. The van der Waals surface area contributed by atoms with E-state index in [-0.39, 0.29) is 29.8 Å². The Kier molecular flexibility index (Phi) is 8.93. The molecule has 2 N–H and O–H groups in total. The van der Waals surface area contributed by atoms with Crippen molar-refractivity contribution in [1.29, 1.82) is 0 Å². The maximum atomic E-state index is 13.3. The first-order valence-electron chi connectivity index (χ1n) is 9.10. The Bertz CT molecular complexity index is 863. The molecule has 0 aliphatic rings. The molecule has 28 heavy (non-hydrogen) atoms. The third-order valence-corrected chi connectivity index (χ3v) is 4.06. The summed E-state index contributed by atoms with van der Waals surface area (Å²) in [5.74, 6) is 0.495. The minimum atomic E-state index is -0.237. The molecule has 1 aromatic heterocycles. The lowest BCUT2D eigenvalue weighted by atomic mass is 10.1. The number of nitrogens with zero attached hydrogens (tertiary/aromatic N) is 3. The zero-order valence-electron chi connectivity index (χ0n) is 15.8. The smallest absolute Gasteiger partial charge is 0.191 e. The molecule has 3 rings (SSSR count). The van der Waals surface area contributed by atoms with Gasteiger partial charge in [-0.15, -0.1) is 24.0 Å². The van der Waals surface area contributed by atoms with Gasteiger partial charge in [-0.1, -0.05) is 24.3 Å². The van der Waals surface area contributed by atoms with Crippen molar-refractivity contribution >= 4 is 29.9 Å². The molecule has 5 nitrogen and oxygen atoms in total. The number of aliphatic imine (C=N–C) groups is 1. The second-order valence-corrected chi connectivity index (χ2v) is 6.12. The normalized spacial score (nSPS) is 11.0. The maximum absolute atomic E-state index is 13.3. The Balaban J connectivity index is 0.00000280. The van der Waals surface area contributed by atoms with Crippen molar-refractivity contribution in [2.45, 2.75) is 19.9 Å². The van der Waals surface area contributed by atoms with Crippen molar-refractivity contribution in [3.63, 3.8) is 0 Å². The van der Waals surface area contributed by atoms with Gasteiger partial charge in [-0.3, -0.25) is 0 Å². The maximum Gasteiger partial charge on any atom is 0.191 e. The van der Waals surface area contributed by atoms with Crippen LogP contribution in [0, 0.1) is 5.82 Å². The van der Waals surface area contributed by atoms with Crippen LogP contribution in [0.15, 0.2) is 72.0 Å². The lowest BCUT2D eigenvalue weighted by molar-refractivity contribution is 0.625. The summed E-state index contributed by atoms with van der Waals surface area (Å²) in [7, 11) is 0. The van der Waals surface area contributed by atoms with E-state index < -0.39 is 0 Å². The van der Waals surface area contributed by atoms with Crippen LogP contribution < -0.4 is 10.6 Å². The van der Waals surface area contributed by atoms with Crippen molar-refractivity contribution in [1.82, 2.24) is 20.4 Å². The fourth-order valence-corrected chi connectivity index (χ4v) is 2.71. The summed E-state index contributed by atoms with van der Waals surface area (Å²) in [5, 5.41) is 10.8. The topological polar surface area (TPSA) is 54.2 Å². The molecule has 0 saturated heterocycles. The highest BCUT2D eigenvalue weighted by Crippen LogP contribution is 2.09. The summed E-state index contributed by atoms with van der Waals surface area (Å²) in [6.07, 6.45) is 4.57. The zero-order chi connectivity index (χ0) is 18.9. The van der Waals surface area contributed by atoms with Gasteiger partial charge < -0.3 is 10.6 Å². The van der Waals surface area contributed by atoms with E-state index in [1.807, 2.05) is 29.9 Å². The number of rotatable bonds is 7. The van der Waals surface area contributed by atoms with Crippen LogP contribution in [0.4, 0.5) is 4.39 Å². The number of hydrogen-bond donors (Lipinski definition) is 2. The van der Waals surface area contributed by atoms with Gasteiger partial charge in [-0.2, -0.15) is 5.10 Å². The number of hydrogen-bond acceptors (Lipinski definition) is 2. The van der Waals surface area contributed by atoms with Crippen LogP contribution in [0.25, 0.3) is 5.69 Å². The molecule has 0 bridgehead atoms. The Hall–Kier alpha value is -2.42. The first-order valence-corrected chi connectivity index (χ1v) is 9.10. The zero-order valence-corrected chi connectivity index (χ0v) is 18.1. The standard InChI is InChI=1S/C21H24FN5.HI/c1-2-23-21(25-16-18-5-3-6-19(22)15-18)24-13-11-17-7-9-20(10-8-17)27-14-4-12-26-27;/h3-10,12,14-15H,2,11,13,16H2,1H3,(H2,23,24,25);1H. The SMILES string of the molecule is CCNC(=NCc1cccc(F)c1)NCCc1ccc(-n2cccn2)cc1.I. The number of nitrogens with one attached hydrogen (secondary N) is 2. The molecule has 0 radical (unpaired) electrons.